The first-order valence-corrected chi connectivity index (χ1v) is 8.64. The van der Waals surface area contributed by atoms with Crippen LogP contribution >= 0.6 is 11.6 Å². The molecule has 0 amide bonds. The van der Waals surface area contributed by atoms with E-state index < -0.39 is 0 Å². The molecule has 0 saturated heterocycles. The number of nitrogens with zero attached hydrogens (tertiary/aromatic N) is 4. The fourth-order valence-electron chi connectivity index (χ4n) is 3.96. The second-order valence-corrected chi connectivity index (χ2v) is 6.81. The van der Waals surface area contributed by atoms with E-state index in [0.717, 1.165) is 17.9 Å². The molecule has 120 valence electrons. The molecule has 2 aromatic rings. The number of hydrogen-bond donors (Lipinski definition) is 1. The molecule has 6 heteroatoms. The number of nitrogens with two attached hydrogens (primary N) is 1. The third-order valence-electron chi connectivity index (χ3n) is 5.11. The highest BCUT2D eigenvalue weighted by Gasteiger charge is 2.30. The first kappa shape index (κ1) is 14.7. The maximum absolute atomic E-state index is 6.40. The first-order chi connectivity index (χ1) is 11.2. The van der Waals surface area contributed by atoms with E-state index in [1.165, 1.54) is 42.4 Å². The molecule has 2 heterocycles. The lowest BCUT2D eigenvalue weighted by molar-refractivity contribution is 0.262. The molecule has 0 aromatic carbocycles. The molecule has 2 aliphatic carbocycles. The largest absolute Gasteiger partial charge is 0.383 e. The van der Waals surface area contributed by atoms with Gasteiger partial charge in [0.15, 0.2) is 5.15 Å². The summed E-state index contributed by atoms with van der Waals surface area (Å²) in [5.41, 5.74) is 8.43. The quantitative estimate of drug-likeness (QED) is 0.907. The summed E-state index contributed by atoms with van der Waals surface area (Å²) in [6, 6.07) is 1.76. The van der Waals surface area contributed by atoms with Crippen LogP contribution in [0.3, 0.4) is 0 Å². The third kappa shape index (κ3) is 2.63. The van der Waals surface area contributed by atoms with E-state index in [-0.39, 0.29) is 0 Å². The van der Waals surface area contributed by atoms with Gasteiger partial charge in [0.2, 0.25) is 0 Å². The van der Waals surface area contributed by atoms with Crippen LogP contribution < -0.4 is 5.73 Å². The molecule has 2 unspecified atom stereocenters. The van der Waals surface area contributed by atoms with Crippen molar-refractivity contribution < 1.29 is 0 Å². The Hall–Kier alpha value is -1.88. The average molecular weight is 330 g/mol. The predicted octanol–water partition coefficient (Wildman–Crippen LogP) is 3.88. The maximum atomic E-state index is 6.40. The molecule has 1 fully saturated rings. The van der Waals surface area contributed by atoms with Gasteiger partial charge in [0.25, 0.3) is 5.95 Å². The molecule has 1 saturated carbocycles. The van der Waals surface area contributed by atoms with Gasteiger partial charge in [-0.1, -0.05) is 30.5 Å². The van der Waals surface area contributed by atoms with Crippen LogP contribution in [0.2, 0.25) is 5.15 Å². The van der Waals surface area contributed by atoms with Gasteiger partial charge in [-0.2, -0.15) is 9.78 Å². The highest BCUT2D eigenvalue weighted by Crippen LogP contribution is 2.44. The SMILES string of the molecule is Nc1c(C2=CC3CCCCC3CC2)c(Cl)nn1-c1ncccn1. The molecule has 4 rings (SSSR count). The molecule has 0 spiro atoms. The summed E-state index contributed by atoms with van der Waals surface area (Å²) in [7, 11) is 0. The van der Waals surface area contributed by atoms with Crippen LogP contribution in [0.25, 0.3) is 11.5 Å². The zero-order valence-corrected chi connectivity index (χ0v) is 13.7. The van der Waals surface area contributed by atoms with Gasteiger partial charge in [-0.3, -0.25) is 0 Å². The highest BCUT2D eigenvalue weighted by molar-refractivity contribution is 6.31. The predicted molar refractivity (Wildman–Crippen MR) is 91.2 cm³/mol. The van der Waals surface area contributed by atoms with E-state index in [1.807, 2.05) is 0 Å². The van der Waals surface area contributed by atoms with E-state index in [1.54, 1.807) is 18.5 Å². The molecule has 5 nitrogen and oxygen atoms in total. The number of allylic oxidation sites excluding steroid dienone is 2. The fourth-order valence-corrected chi connectivity index (χ4v) is 4.25. The summed E-state index contributed by atoms with van der Waals surface area (Å²) < 4.78 is 1.53. The number of anilines is 1. The topological polar surface area (TPSA) is 69.6 Å². The Morgan fingerprint density at radius 2 is 1.91 bits per heavy atom. The van der Waals surface area contributed by atoms with Crippen LogP contribution in [-0.2, 0) is 0 Å². The van der Waals surface area contributed by atoms with E-state index in [0.29, 0.717) is 22.8 Å². The molecular formula is C17H20ClN5. The Morgan fingerprint density at radius 3 is 2.74 bits per heavy atom. The summed E-state index contributed by atoms with van der Waals surface area (Å²) in [6.45, 7) is 0. The Bertz CT molecular complexity index is 737. The minimum absolute atomic E-state index is 0.440. The first-order valence-electron chi connectivity index (χ1n) is 8.26. The van der Waals surface area contributed by atoms with Crippen molar-refractivity contribution >= 4 is 23.0 Å². The molecule has 2 atom stereocenters. The van der Waals surface area contributed by atoms with Gasteiger partial charge in [-0.05, 0) is 49.2 Å². The average Bonchev–Trinajstić information content (AvgIpc) is 2.90. The standard InChI is InChI=1S/C17H20ClN5/c18-15-14(13-7-6-11-4-1-2-5-12(11)10-13)16(19)23(22-15)17-20-8-3-9-21-17/h3,8-12H,1-2,4-7,19H2. The summed E-state index contributed by atoms with van der Waals surface area (Å²) in [6.07, 6.45) is 13.3. The summed E-state index contributed by atoms with van der Waals surface area (Å²) >= 11 is 6.40. The number of nitrogen functional groups attached to an aromatic ring is 1. The molecule has 0 radical (unpaired) electrons. The van der Waals surface area contributed by atoms with Crippen LogP contribution in [-0.4, -0.2) is 19.7 Å². The lowest BCUT2D eigenvalue weighted by Gasteiger charge is -2.34. The zero-order valence-electron chi connectivity index (χ0n) is 13.0. The second kappa shape index (κ2) is 5.96. The number of hydrogen-bond acceptors (Lipinski definition) is 4. The maximum Gasteiger partial charge on any atom is 0.252 e. The zero-order chi connectivity index (χ0) is 15.8. The minimum atomic E-state index is 0.440. The van der Waals surface area contributed by atoms with Crippen molar-refractivity contribution in [3.8, 4) is 5.95 Å². The molecule has 2 N–H and O–H groups in total. The third-order valence-corrected chi connectivity index (χ3v) is 5.37. The normalized spacial score (nSPS) is 24.1. The van der Waals surface area contributed by atoms with Crippen molar-refractivity contribution in [2.75, 3.05) is 5.73 Å². The smallest absolute Gasteiger partial charge is 0.252 e. The van der Waals surface area contributed by atoms with E-state index in [2.05, 4.69) is 21.1 Å². The van der Waals surface area contributed by atoms with Crippen LogP contribution in [0, 0.1) is 11.8 Å². The van der Waals surface area contributed by atoms with Gasteiger partial charge in [-0.25, -0.2) is 9.97 Å². The highest BCUT2D eigenvalue weighted by atomic mass is 35.5. The Kier molecular flexibility index (Phi) is 3.81. The number of rotatable bonds is 2. The molecular weight excluding hydrogens is 310 g/mol. The van der Waals surface area contributed by atoms with Gasteiger partial charge >= 0.3 is 0 Å². The minimum Gasteiger partial charge on any atom is -0.383 e. The lowest BCUT2D eigenvalue weighted by atomic mass is 9.71. The summed E-state index contributed by atoms with van der Waals surface area (Å²) in [5.74, 6) is 2.48. The number of aromatic nitrogens is 4. The van der Waals surface area contributed by atoms with Gasteiger partial charge in [0.1, 0.15) is 5.82 Å². The van der Waals surface area contributed by atoms with Gasteiger partial charge in [0.05, 0.1) is 5.56 Å². The Labute approximate surface area is 140 Å². The van der Waals surface area contributed by atoms with E-state index in [4.69, 9.17) is 17.3 Å². The number of fused-ring (bicyclic) bond motifs is 1. The molecule has 2 aromatic heterocycles. The molecule has 0 aliphatic heterocycles. The Morgan fingerprint density at radius 1 is 1.13 bits per heavy atom. The molecule has 2 aliphatic rings. The molecule has 0 bridgehead atoms. The van der Waals surface area contributed by atoms with E-state index >= 15 is 0 Å². The lowest BCUT2D eigenvalue weighted by Crippen LogP contribution is -2.21. The monoisotopic (exact) mass is 329 g/mol. The number of halogens is 1. The van der Waals surface area contributed by atoms with Crippen LogP contribution in [0.4, 0.5) is 5.82 Å². The summed E-state index contributed by atoms with van der Waals surface area (Å²) in [4.78, 5) is 8.41. The van der Waals surface area contributed by atoms with Crippen molar-refractivity contribution in [3.05, 3.63) is 35.3 Å². The summed E-state index contributed by atoms with van der Waals surface area (Å²) in [5, 5.41) is 4.79. The van der Waals surface area contributed by atoms with Crippen molar-refractivity contribution in [2.24, 2.45) is 11.8 Å². The van der Waals surface area contributed by atoms with Crippen LogP contribution in [0.15, 0.2) is 24.5 Å². The van der Waals surface area contributed by atoms with Crippen LogP contribution in [0.5, 0.6) is 0 Å². The molecule has 23 heavy (non-hydrogen) atoms. The fraction of sp³-hybridized carbons (Fsp3) is 0.471. The van der Waals surface area contributed by atoms with Gasteiger partial charge in [-0.15, -0.1) is 0 Å². The van der Waals surface area contributed by atoms with Crippen molar-refractivity contribution in [2.45, 2.75) is 38.5 Å². The second-order valence-electron chi connectivity index (χ2n) is 6.45. The van der Waals surface area contributed by atoms with Crippen molar-refractivity contribution in [1.29, 1.82) is 0 Å². The van der Waals surface area contributed by atoms with Gasteiger partial charge < -0.3 is 5.73 Å². The Balaban J connectivity index is 1.72. The van der Waals surface area contributed by atoms with Crippen molar-refractivity contribution in [1.82, 2.24) is 19.7 Å². The van der Waals surface area contributed by atoms with E-state index in [9.17, 15) is 0 Å². The van der Waals surface area contributed by atoms with Gasteiger partial charge in [0, 0.05) is 12.4 Å². The van der Waals surface area contributed by atoms with Crippen molar-refractivity contribution in [3.63, 3.8) is 0 Å². The van der Waals surface area contributed by atoms with Crippen LogP contribution in [0.1, 0.15) is 44.1 Å².